The van der Waals surface area contributed by atoms with Gasteiger partial charge in [0.15, 0.2) is 6.61 Å². The van der Waals surface area contributed by atoms with E-state index in [0.29, 0.717) is 17.9 Å². The molecule has 0 aliphatic heterocycles. The summed E-state index contributed by atoms with van der Waals surface area (Å²) in [5, 5.41) is 11.4. The van der Waals surface area contributed by atoms with E-state index >= 15 is 0 Å². The summed E-state index contributed by atoms with van der Waals surface area (Å²) in [6.45, 7) is -0.433. The maximum Gasteiger partial charge on any atom is 0.341 e. The number of rotatable bonds is 6. The minimum atomic E-state index is -1.05. The first-order valence-electron chi connectivity index (χ1n) is 7.06. The summed E-state index contributed by atoms with van der Waals surface area (Å²) < 4.78 is 5.16. The fraction of sp³-hybridized carbons (Fsp3) is 0.375. The third-order valence-corrected chi connectivity index (χ3v) is 3.28. The molecule has 1 aromatic rings. The molecule has 0 radical (unpaired) electrons. The third-order valence-electron chi connectivity index (χ3n) is 3.28. The highest BCUT2D eigenvalue weighted by atomic mass is 16.5. The van der Waals surface area contributed by atoms with E-state index in [0.717, 1.165) is 19.3 Å². The Hall–Kier alpha value is -2.30. The van der Waals surface area contributed by atoms with E-state index in [9.17, 15) is 9.59 Å². The highest BCUT2D eigenvalue weighted by molar-refractivity contribution is 5.93. The molecule has 5 heteroatoms. The predicted octanol–water partition coefficient (Wildman–Crippen LogP) is 2.98. The average molecular weight is 289 g/mol. The Morgan fingerprint density at radius 3 is 2.76 bits per heavy atom. The van der Waals surface area contributed by atoms with E-state index in [1.807, 2.05) is 0 Å². The highest BCUT2D eigenvalue weighted by Gasteiger charge is 2.12. The van der Waals surface area contributed by atoms with Gasteiger partial charge in [0, 0.05) is 6.42 Å². The van der Waals surface area contributed by atoms with Gasteiger partial charge in [0.25, 0.3) is 0 Å². The van der Waals surface area contributed by atoms with Crippen LogP contribution in [0.4, 0.5) is 5.69 Å². The minimum absolute atomic E-state index is 0.102. The van der Waals surface area contributed by atoms with Gasteiger partial charge in [0.05, 0.1) is 5.69 Å². The molecule has 21 heavy (non-hydrogen) atoms. The number of amides is 1. The van der Waals surface area contributed by atoms with Gasteiger partial charge in [-0.25, -0.2) is 4.79 Å². The Morgan fingerprint density at radius 2 is 2.05 bits per heavy atom. The van der Waals surface area contributed by atoms with Gasteiger partial charge in [-0.15, -0.1) is 0 Å². The Bertz CT molecular complexity index is 551. The van der Waals surface area contributed by atoms with E-state index in [4.69, 9.17) is 9.84 Å². The number of nitrogens with one attached hydrogen (secondary N) is 1. The topological polar surface area (TPSA) is 75.6 Å². The number of anilines is 1. The van der Waals surface area contributed by atoms with Crippen LogP contribution in [0.25, 0.3) is 0 Å². The van der Waals surface area contributed by atoms with Crippen LogP contribution in [0.3, 0.4) is 0 Å². The molecular weight excluding hydrogens is 270 g/mol. The summed E-state index contributed by atoms with van der Waals surface area (Å²) in [6, 6.07) is 6.84. The first-order chi connectivity index (χ1) is 10.1. The lowest BCUT2D eigenvalue weighted by Crippen LogP contribution is -2.15. The first kappa shape index (κ1) is 15.1. The average Bonchev–Trinajstić information content (AvgIpc) is 2.47. The van der Waals surface area contributed by atoms with Gasteiger partial charge < -0.3 is 15.2 Å². The summed E-state index contributed by atoms with van der Waals surface area (Å²) in [7, 11) is 0. The molecule has 2 N–H and O–H groups in total. The van der Waals surface area contributed by atoms with Gasteiger partial charge in [0.1, 0.15) is 5.75 Å². The molecule has 1 aromatic carbocycles. The number of carbonyl (C=O) groups is 2. The molecule has 2 rings (SSSR count). The zero-order valence-corrected chi connectivity index (χ0v) is 11.8. The van der Waals surface area contributed by atoms with Gasteiger partial charge >= 0.3 is 5.97 Å². The van der Waals surface area contributed by atoms with E-state index in [1.165, 1.54) is 12.0 Å². The van der Waals surface area contributed by atoms with Gasteiger partial charge in [-0.2, -0.15) is 0 Å². The van der Waals surface area contributed by atoms with Crippen LogP contribution in [0, 0.1) is 0 Å². The molecule has 0 saturated carbocycles. The number of benzene rings is 1. The highest BCUT2D eigenvalue weighted by Crippen LogP contribution is 2.25. The lowest BCUT2D eigenvalue weighted by molar-refractivity contribution is -0.139. The van der Waals surface area contributed by atoms with Gasteiger partial charge in [-0.1, -0.05) is 23.8 Å². The van der Waals surface area contributed by atoms with Gasteiger partial charge in [-0.05, 0) is 37.8 Å². The van der Waals surface area contributed by atoms with Crippen LogP contribution >= 0.6 is 0 Å². The van der Waals surface area contributed by atoms with Crippen molar-refractivity contribution in [3.63, 3.8) is 0 Å². The number of ether oxygens (including phenoxy) is 1. The summed E-state index contributed by atoms with van der Waals surface area (Å²) in [6.07, 6.45) is 6.86. The SMILES string of the molecule is O=C(O)COc1ccccc1NC(=O)CC1=CCCCC1. The minimum Gasteiger partial charge on any atom is -0.480 e. The Kier molecular flexibility index (Phi) is 5.37. The molecule has 0 unspecified atom stereocenters. The predicted molar refractivity (Wildman–Crippen MR) is 79.4 cm³/mol. The van der Waals surface area contributed by atoms with E-state index in [-0.39, 0.29) is 5.91 Å². The number of hydrogen-bond donors (Lipinski definition) is 2. The van der Waals surface area contributed by atoms with Crippen LogP contribution in [0.5, 0.6) is 5.75 Å². The monoisotopic (exact) mass is 289 g/mol. The van der Waals surface area contributed by atoms with Crippen LogP contribution in [0.15, 0.2) is 35.9 Å². The largest absolute Gasteiger partial charge is 0.480 e. The Balaban J connectivity index is 1.96. The molecule has 0 aromatic heterocycles. The number of carboxylic acids is 1. The summed E-state index contributed by atoms with van der Waals surface area (Å²) in [5.41, 5.74) is 1.67. The summed E-state index contributed by atoms with van der Waals surface area (Å²) >= 11 is 0. The number of aliphatic carboxylic acids is 1. The Labute approximate surface area is 123 Å². The fourth-order valence-electron chi connectivity index (χ4n) is 2.30. The molecule has 0 heterocycles. The van der Waals surface area contributed by atoms with Crippen LogP contribution < -0.4 is 10.1 Å². The second-order valence-corrected chi connectivity index (χ2v) is 5.01. The second-order valence-electron chi connectivity index (χ2n) is 5.01. The lowest BCUT2D eigenvalue weighted by Gasteiger charge is -2.14. The number of hydrogen-bond acceptors (Lipinski definition) is 3. The molecule has 0 saturated heterocycles. The van der Waals surface area contributed by atoms with Crippen molar-refractivity contribution >= 4 is 17.6 Å². The molecule has 1 aliphatic carbocycles. The van der Waals surface area contributed by atoms with Crippen LogP contribution in [-0.2, 0) is 9.59 Å². The zero-order chi connectivity index (χ0) is 15.1. The fourth-order valence-corrected chi connectivity index (χ4v) is 2.30. The lowest BCUT2D eigenvalue weighted by atomic mass is 9.97. The summed E-state index contributed by atoms with van der Waals surface area (Å²) in [4.78, 5) is 22.6. The Morgan fingerprint density at radius 1 is 1.24 bits per heavy atom. The molecule has 112 valence electrons. The van der Waals surface area contributed by atoms with E-state index in [1.54, 1.807) is 24.3 Å². The van der Waals surface area contributed by atoms with Crippen molar-refractivity contribution in [2.75, 3.05) is 11.9 Å². The molecule has 5 nitrogen and oxygen atoms in total. The summed E-state index contributed by atoms with van der Waals surface area (Å²) in [5.74, 6) is -0.788. The van der Waals surface area contributed by atoms with Crippen molar-refractivity contribution in [1.82, 2.24) is 0 Å². The number of allylic oxidation sites excluding steroid dienone is 1. The molecule has 1 aliphatic rings. The second kappa shape index (κ2) is 7.47. The number of para-hydroxylation sites is 2. The first-order valence-corrected chi connectivity index (χ1v) is 7.06. The molecule has 0 spiro atoms. The molecule has 0 bridgehead atoms. The van der Waals surface area contributed by atoms with Gasteiger partial charge in [-0.3, -0.25) is 4.79 Å². The normalized spacial score (nSPS) is 14.2. The van der Waals surface area contributed by atoms with Gasteiger partial charge in [0.2, 0.25) is 5.91 Å². The number of carbonyl (C=O) groups excluding carboxylic acids is 1. The van der Waals surface area contributed by atoms with Crippen molar-refractivity contribution in [3.8, 4) is 5.75 Å². The van der Waals surface area contributed by atoms with Crippen molar-refractivity contribution in [1.29, 1.82) is 0 Å². The van der Waals surface area contributed by atoms with E-state index in [2.05, 4.69) is 11.4 Å². The molecule has 0 atom stereocenters. The zero-order valence-electron chi connectivity index (χ0n) is 11.8. The van der Waals surface area contributed by atoms with Crippen LogP contribution in [0.2, 0.25) is 0 Å². The molecule has 1 amide bonds. The maximum absolute atomic E-state index is 12.0. The standard InChI is InChI=1S/C16H19NO4/c18-15(10-12-6-2-1-3-7-12)17-13-8-4-5-9-14(13)21-11-16(19)20/h4-6,8-9H,1-3,7,10-11H2,(H,17,18)(H,19,20). The smallest absolute Gasteiger partial charge is 0.341 e. The van der Waals surface area contributed by atoms with Crippen molar-refractivity contribution in [3.05, 3.63) is 35.9 Å². The third kappa shape index (κ3) is 4.95. The molecule has 0 fully saturated rings. The van der Waals surface area contributed by atoms with E-state index < -0.39 is 12.6 Å². The van der Waals surface area contributed by atoms with Crippen molar-refractivity contribution in [2.24, 2.45) is 0 Å². The van der Waals surface area contributed by atoms with Crippen LogP contribution in [0.1, 0.15) is 32.1 Å². The molecular formula is C16H19NO4. The van der Waals surface area contributed by atoms with Crippen molar-refractivity contribution in [2.45, 2.75) is 32.1 Å². The maximum atomic E-state index is 12.0. The van der Waals surface area contributed by atoms with Crippen LogP contribution in [-0.4, -0.2) is 23.6 Å². The quantitative estimate of drug-likeness (QED) is 0.789. The number of carboxylic acid groups (broad SMARTS) is 1. The van der Waals surface area contributed by atoms with Crippen molar-refractivity contribution < 1.29 is 19.4 Å².